The van der Waals surface area contributed by atoms with Crippen molar-refractivity contribution >= 4 is 11.6 Å². The van der Waals surface area contributed by atoms with Gasteiger partial charge in [-0.2, -0.15) is 0 Å². The van der Waals surface area contributed by atoms with Crippen LogP contribution in [0.5, 0.6) is 5.75 Å². The van der Waals surface area contributed by atoms with Gasteiger partial charge in [0.2, 0.25) is 5.91 Å². The molecule has 0 aliphatic heterocycles. The zero-order valence-electron chi connectivity index (χ0n) is 12.6. The number of aromatic nitrogens is 1. The highest BCUT2D eigenvalue weighted by atomic mass is 16.5. The van der Waals surface area contributed by atoms with E-state index >= 15 is 0 Å². The Hall–Kier alpha value is -2.40. The molecule has 0 spiro atoms. The average Bonchev–Trinajstić information content (AvgIpc) is 2.55. The van der Waals surface area contributed by atoms with Crippen LogP contribution in [0.4, 0.5) is 5.69 Å². The molecule has 0 saturated heterocycles. The molecule has 0 radical (unpaired) electrons. The molecule has 2 rings (SSSR count). The van der Waals surface area contributed by atoms with Crippen LogP contribution >= 0.6 is 0 Å². The molecule has 0 saturated carbocycles. The van der Waals surface area contributed by atoms with Crippen LogP contribution in [0.1, 0.15) is 24.5 Å². The SMILES string of the molecule is CCOc1ccc(NC(=O)CCc2ccncc2)cc1CO. The quantitative estimate of drug-likeness (QED) is 0.824. The van der Waals surface area contributed by atoms with Gasteiger partial charge in [0.1, 0.15) is 5.75 Å². The number of nitrogens with zero attached hydrogens (tertiary/aromatic N) is 1. The number of nitrogens with one attached hydrogen (secondary N) is 1. The first kappa shape index (κ1) is 16.0. The van der Waals surface area contributed by atoms with Gasteiger partial charge in [-0.25, -0.2) is 0 Å². The average molecular weight is 300 g/mol. The van der Waals surface area contributed by atoms with Crippen molar-refractivity contribution in [1.29, 1.82) is 0 Å². The van der Waals surface area contributed by atoms with Crippen molar-refractivity contribution in [3.63, 3.8) is 0 Å². The minimum absolute atomic E-state index is 0.0649. The Bertz CT molecular complexity index is 615. The number of amides is 1. The van der Waals surface area contributed by atoms with E-state index in [1.54, 1.807) is 30.6 Å². The maximum absolute atomic E-state index is 12.0. The van der Waals surface area contributed by atoms with Crippen LogP contribution in [-0.2, 0) is 17.8 Å². The van der Waals surface area contributed by atoms with E-state index in [4.69, 9.17) is 4.74 Å². The zero-order valence-corrected chi connectivity index (χ0v) is 12.6. The van der Waals surface area contributed by atoms with E-state index in [0.29, 0.717) is 36.4 Å². The molecule has 5 heteroatoms. The Morgan fingerprint density at radius 3 is 2.73 bits per heavy atom. The van der Waals surface area contributed by atoms with Crippen molar-refractivity contribution in [1.82, 2.24) is 4.98 Å². The minimum Gasteiger partial charge on any atom is -0.494 e. The predicted octanol–water partition coefficient (Wildman–Crippen LogP) is 2.54. The van der Waals surface area contributed by atoms with E-state index in [9.17, 15) is 9.90 Å². The first-order valence-corrected chi connectivity index (χ1v) is 7.28. The molecule has 0 atom stereocenters. The molecule has 0 bridgehead atoms. The zero-order chi connectivity index (χ0) is 15.8. The van der Waals surface area contributed by atoms with Crippen molar-refractivity contribution in [2.75, 3.05) is 11.9 Å². The third-order valence-electron chi connectivity index (χ3n) is 3.20. The Balaban J connectivity index is 1.93. The molecular formula is C17H20N2O3. The summed E-state index contributed by atoms with van der Waals surface area (Å²) in [4.78, 5) is 15.9. The number of aliphatic hydroxyl groups excluding tert-OH is 1. The second-order valence-corrected chi connectivity index (χ2v) is 4.82. The van der Waals surface area contributed by atoms with Gasteiger partial charge in [-0.3, -0.25) is 9.78 Å². The number of aryl methyl sites for hydroxylation is 1. The van der Waals surface area contributed by atoms with Crippen LogP contribution in [0.2, 0.25) is 0 Å². The molecule has 116 valence electrons. The minimum atomic E-state index is -0.129. The van der Waals surface area contributed by atoms with Crippen LogP contribution in [0, 0.1) is 0 Å². The van der Waals surface area contributed by atoms with Crippen LogP contribution in [0.25, 0.3) is 0 Å². The second kappa shape index (κ2) is 8.14. The second-order valence-electron chi connectivity index (χ2n) is 4.82. The molecule has 5 nitrogen and oxygen atoms in total. The molecule has 1 amide bonds. The lowest BCUT2D eigenvalue weighted by atomic mass is 10.1. The number of rotatable bonds is 7. The first-order chi connectivity index (χ1) is 10.7. The van der Waals surface area contributed by atoms with E-state index in [-0.39, 0.29) is 12.5 Å². The lowest BCUT2D eigenvalue weighted by molar-refractivity contribution is -0.116. The summed E-state index contributed by atoms with van der Waals surface area (Å²) in [5.41, 5.74) is 2.40. The molecule has 0 aliphatic rings. The fourth-order valence-electron chi connectivity index (χ4n) is 2.11. The molecule has 0 fully saturated rings. The molecule has 1 aromatic heterocycles. The lowest BCUT2D eigenvalue weighted by Gasteiger charge is -2.11. The maximum Gasteiger partial charge on any atom is 0.224 e. The van der Waals surface area contributed by atoms with Crippen LogP contribution in [-0.4, -0.2) is 22.6 Å². The maximum atomic E-state index is 12.0. The number of carbonyl (C=O) groups excluding carboxylic acids is 1. The largest absolute Gasteiger partial charge is 0.494 e. The third-order valence-corrected chi connectivity index (χ3v) is 3.20. The lowest BCUT2D eigenvalue weighted by Crippen LogP contribution is -2.12. The Morgan fingerprint density at radius 1 is 1.27 bits per heavy atom. The van der Waals surface area contributed by atoms with Crippen LogP contribution in [0.3, 0.4) is 0 Å². The van der Waals surface area contributed by atoms with Gasteiger partial charge in [0.25, 0.3) is 0 Å². The smallest absolute Gasteiger partial charge is 0.224 e. The summed E-state index contributed by atoms with van der Waals surface area (Å²) in [6, 6.07) is 9.05. The van der Waals surface area contributed by atoms with E-state index < -0.39 is 0 Å². The molecular weight excluding hydrogens is 280 g/mol. The number of aliphatic hydroxyl groups is 1. The summed E-state index contributed by atoms with van der Waals surface area (Å²) in [5, 5.41) is 12.2. The van der Waals surface area contributed by atoms with Gasteiger partial charge in [0, 0.05) is 30.1 Å². The number of hydrogen-bond donors (Lipinski definition) is 2. The number of pyridine rings is 1. The van der Waals surface area contributed by atoms with Crippen molar-refractivity contribution in [2.45, 2.75) is 26.4 Å². The highest BCUT2D eigenvalue weighted by Gasteiger charge is 2.07. The number of ether oxygens (including phenoxy) is 1. The first-order valence-electron chi connectivity index (χ1n) is 7.28. The Kier molecular flexibility index (Phi) is 5.91. The fourth-order valence-corrected chi connectivity index (χ4v) is 2.11. The van der Waals surface area contributed by atoms with E-state index in [2.05, 4.69) is 10.3 Å². The molecule has 1 heterocycles. The number of benzene rings is 1. The van der Waals surface area contributed by atoms with E-state index in [1.165, 1.54) is 0 Å². The van der Waals surface area contributed by atoms with Gasteiger partial charge >= 0.3 is 0 Å². The summed E-state index contributed by atoms with van der Waals surface area (Å²) in [5.74, 6) is 0.574. The molecule has 0 unspecified atom stereocenters. The van der Waals surface area contributed by atoms with Gasteiger partial charge in [0.05, 0.1) is 13.2 Å². The topological polar surface area (TPSA) is 71.5 Å². The standard InChI is InChI=1S/C17H20N2O3/c1-2-22-16-5-4-15(11-14(16)12-20)19-17(21)6-3-13-7-9-18-10-8-13/h4-5,7-11,20H,2-3,6,12H2,1H3,(H,19,21). The predicted molar refractivity (Wildman–Crippen MR) is 84.7 cm³/mol. The Morgan fingerprint density at radius 2 is 2.05 bits per heavy atom. The van der Waals surface area contributed by atoms with Gasteiger partial charge < -0.3 is 15.2 Å². The number of anilines is 1. The van der Waals surface area contributed by atoms with Crippen LogP contribution in [0.15, 0.2) is 42.7 Å². The monoisotopic (exact) mass is 300 g/mol. The van der Waals surface area contributed by atoms with Crippen LogP contribution < -0.4 is 10.1 Å². The highest BCUT2D eigenvalue weighted by Crippen LogP contribution is 2.23. The van der Waals surface area contributed by atoms with Gasteiger partial charge in [-0.15, -0.1) is 0 Å². The summed E-state index contributed by atoms with van der Waals surface area (Å²) in [6.07, 6.45) is 4.49. The van der Waals surface area contributed by atoms with E-state index in [0.717, 1.165) is 5.56 Å². The third kappa shape index (κ3) is 4.56. The summed E-state index contributed by atoms with van der Waals surface area (Å²) in [7, 11) is 0. The van der Waals surface area contributed by atoms with Crippen molar-refractivity contribution in [2.24, 2.45) is 0 Å². The molecule has 1 aromatic carbocycles. The highest BCUT2D eigenvalue weighted by molar-refractivity contribution is 5.91. The van der Waals surface area contributed by atoms with Crippen molar-refractivity contribution < 1.29 is 14.6 Å². The van der Waals surface area contributed by atoms with Crippen molar-refractivity contribution in [3.8, 4) is 5.75 Å². The molecule has 0 aliphatic carbocycles. The summed E-state index contributed by atoms with van der Waals surface area (Å²) in [6.45, 7) is 2.29. The molecule has 2 N–H and O–H groups in total. The molecule has 22 heavy (non-hydrogen) atoms. The van der Waals surface area contributed by atoms with Crippen molar-refractivity contribution in [3.05, 3.63) is 53.9 Å². The summed E-state index contributed by atoms with van der Waals surface area (Å²) >= 11 is 0. The van der Waals surface area contributed by atoms with Gasteiger partial charge in [-0.05, 0) is 49.2 Å². The normalized spacial score (nSPS) is 10.3. The van der Waals surface area contributed by atoms with E-state index in [1.807, 2.05) is 19.1 Å². The van der Waals surface area contributed by atoms with Gasteiger partial charge in [-0.1, -0.05) is 0 Å². The number of carbonyl (C=O) groups is 1. The summed E-state index contributed by atoms with van der Waals surface area (Å²) < 4.78 is 5.41. The number of hydrogen-bond acceptors (Lipinski definition) is 4. The fraction of sp³-hybridized carbons (Fsp3) is 0.294. The molecule has 2 aromatic rings. The van der Waals surface area contributed by atoms with Gasteiger partial charge in [0.15, 0.2) is 0 Å². The Labute approximate surface area is 130 Å².